The number of thiol groups is 1. The average Bonchev–Trinajstić information content (AvgIpc) is 1.06. The molecule has 0 saturated carbocycles. The number of phenols is 1. The number of allylic oxidation sites excluding steroid dienone is 2. The van der Waals surface area contributed by atoms with Crippen molar-refractivity contribution < 1.29 is 106 Å². The van der Waals surface area contributed by atoms with Crippen molar-refractivity contribution in [1.29, 1.82) is 16.2 Å². The van der Waals surface area contributed by atoms with Gasteiger partial charge in [-0.25, -0.2) is 0 Å². The van der Waals surface area contributed by atoms with Crippen molar-refractivity contribution >= 4 is 155 Å². The van der Waals surface area contributed by atoms with Gasteiger partial charge in [0.25, 0.3) is 0 Å². The van der Waals surface area contributed by atoms with Crippen LogP contribution < -0.4 is 130 Å². The van der Waals surface area contributed by atoms with Gasteiger partial charge in [0.15, 0.2) is 17.9 Å². The van der Waals surface area contributed by atoms with Crippen LogP contribution in [0, 0.1) is 34.0 Å². The number of aliphatic hydroxyl groups excluding tert-OH is 1. The monoisotopic (exact) mass is 2050 g/mol. The van der Waals surface area contributed by atoms with E-state index < -0.39 is 269 Å². The molecule has 0 aromatic heterocycles. The maximum absolute atomic E-state index is 15.6. The van der Waals surface area contributed by atoms with Gasteiger partial charge in [-0.3, -0.25) is 107 Å². The number of benzene rings is 2. The summed E-state index contributed by atoms with van der Waals surface area (Å²) in [5, 5.41) is 104. The van der Waals surface area contributed by atoms with Crippen LogP contribution in [0.4, 0.5) is 0 Å². The van der Waals surface area contributed by atoms with E-state index in [2.05, 4.69) is 114 Å². The van der Waals surface area contributed by atoms with Crippen molar-refractivity contribution in [2.75, 3.05) is 43.9 Å². The lowest BCUT2D eigenvalue weighted by Gasteiger charge is -2.34. The summed E-state index contributed by atoms with van der Waals surface area (Å²) in [7, 11) is 0. The normalized spacial score (nSPS) is 19.4. The Balaban J connectivity index is 2.24. The SMILES string of the molecule is CC[C@H](C)[C@H](NC(=O)[C@H](CCCNC(=N)N)NC(=O)[C@@H](NC(=O)CNC(C)=O)[C@@H](C)O)C(=O)N[C@H](C(=O)N[C@@H](Cc1ccc(O)cc1)C(=O)N[C@@H](CC(=O)O)C(=O)N[C@@H](CCCNC(=N)N)C(=O)N[C@@]1(C)CCC/C=C\CCC[C@@](C)(C(=O)N[C@@H](CS)C(=O)N[C@@H](CCCNC(=N)N)C(=O)N[C@@H](CC(N)=O)C(N)=O)NC(=O)[C@H](CCSC)NC(=O)[C@H](CC(C)C)NC(=O)[C@H](Cc2ccccc2)NC1=O)[C@@H](C)CC. The number of hydrogen-bond donors (Lipinski definition) is 31. The number of thioether (sulfide) groups is 1. The molecular formula is C92H149N27O22S2. The summed E-state index contributed by atoms with van der Waals surface area (Å²) in [6, 6.07) is -7.25. The van der Waals surface area contributed by atoms with Crippen LogP contribution in [0.5, 0.6) is 5.75 Å². The van der Waals surface area contributed by atoms with E-state index in [1.54, 1.807) is 90.3 Å². The maximum Gasteiger partial charge on any atom is 0.305 e. The first-order chi connectivity index (χ1) is 67.3. The average molecular weight is 2050 g/mol. The van der Waals surface area contributed by atoms with Gasteiger partial charge in [0, 0.05) is 45.2 Å². The molecule has 0 saturated heterocycles. The number of rotatable bonds is 55. The number of hydrogen-bond acceptors (Lipinski definition) is 26. The summed E-state index contributed by atoms with van der Waals surface area (Å²) < 4.78 is 0. The highest BCUT2D eigenvalue weighted by atomic mass is 32.2. The standard InChI is InChI=1S/C92H149N27O22S2/c1-12-50(5)70(117-84(138)71(51(6)13-2)116-75(129)58(29-24-39-102-89(97)98)108-85(139)72(52(7)120)115-68(124)47-104-53(8)121)83(137)112-63(44-55-31-33-56(122)34-32-55)77(131)111-65(46-69(125)126)79(133)106-59(30-25-40-103-90(99)100)81(135)118-91(9)36-21-16-14-15-17-22-37-92(10,87(141)114-66(48-142)80(134)105-57(28-23-38-101-88(95)96)74(128)109-61(73(94)127)45-67(93)123)119-82(136)60(35-41-143-11)107-76(130)62(42-49(3)4)110-78(132)64(113-86(91)140)43-54-26-19-18-20-27-54/h14-15,18-20,26-27,31-34,49-52,57-66,70-72,120,122,142H,12-13,16-17,21-25,28-30,35-48H2,1-11H3,(H2,93,123)(H2,94,127)(H,104,121)(H,105,134)(H,106,133)(H,107,130)(H,108,139)(H,109,128)(H,110,132)(H,111,131)(H,112,137)(H,113,140)(H,114,141)(H,115,124)(H,116,129)(H,117,138)(H,118,135)(H,119,136)(H,125,126)(H4,95,96,101)(H4,97,98,102)(H4,99,100,103)/b15-14-/t50-,51-,52+,57-,58-,59-,60-,61-,62-,63-,64-,65-,66-,70-,71-,72-,91-,92-/m0/s1. The Morgan fingerprint density at radius 3 is 1.46 bits per heavy atom. The Morgan fingerprint density at radius 1 is 0.517 bits per heavy atom. The van der Waals surface area contributed by atoms with E-state index >= 15 is 38.4 Å². The zero-order chi connectivity index (χ0) is 108. The molecule has 0 bridgehead atoms. The summed E-state index contributed by atoms with van der Waals surface area (Å²) in [6.45, 7) is 14.5. The van der Waals surface area contributed by atoms with Crippen molar-refractivity contribution in [3.8, 4) is 5.75 Å². The predicted molar refractivity (Wildman–Crippen MR) is 535 cm³/mol. The van der Waals surface area contributed by atoms with E-state index in [0.717, 1.165) is 6.92 Å². The number of carboxylic acids is 1. The first-order valence-corrected chi connectivity index (χ1v) is 49.5. The molecule has 51 heteroatoms. The van der Waals surface area contributed by atoms with Gasteiger partial charge in [-0.1, -0.05) is 109 Å². The van der Waals surface area contributed by atoms with Crippen LogP contribution in [0.3, 0.4) is 0 Å². The van der Waals surface area contributed by atoms with Gasteiger partial charge in [-0.05, 0) is 164 Å². The Bertz CT molecular complexity index is 4710. The van der Waals surface area contributed by atoms with Gasteiger partial charge in [-0.2, -0.15) is 24.4 Å². The Morgan fingerprint density at radius 2 is 0.972 bits per heavy atom. The largest absolute Gasteiger partial charge is 0.508 e. The molecule has 2 aromatic rings. The number of amides is 18. The number of nitrogens with one attached hydrogen (secondary N) is 22. The van der Waals surface area contributed by atoms with Gasteiger partial charge < -0.3 is 145 Å². The summed E-state index contributed by atoms with van der Waals surface area (Å²) in [6.07, 6.45) is 0.858. The first-order valence-electron chi connectivity index (χ1n) is 47.4. The fourth-order valence-corrected chi connectivity index (χ4v) is 15.6. The zero-order valence-electron chi connectivity index (χ0n) is 82.9. The molecule has 0 unspecified atom stereocenters. The minimum atomic E-state index is -2.11. The number of primary amides is 2. The predicted octanol–water partition coefficient (Wildman–Crippen LogP) is -4.90. The number of phenolic OH excluding ortho intramolecular Hbond substituents is 1. The van der Waals surface area contributed by atoms with Crippen LogP contribution in [-0.2, 0) is 104 Å². The van der Waals surface area contributed by atoms with E-state index in [1.165, 1.54) is 56.8 Å². The third kappa shape index (κ3) is 45.9. The number of carbonyl (C=O) groups is 19. The lowest BCUT2D eigenvalue weighted by atomic mass is 9.91. The molecule has 1 aliphatic rings. The van der Waals surface area contributed by atoms with Gasteiger partial charge in [0.2, 0.25) is 106 Å². The molecule has 0 radical (unpaired) electrons. The molecule has 18 atom stereocenters. The van der Waals surface area contributed by atoms with E-state index in [4.69, 9.17) is 44.9 Å². The van der Waals surface area contributed by atoms with Crippen LogP contribution in [-0.4, -0.2) is 285 Å². The molecule has 0 fully saturated rings. The number of carbonyl (C=O) groups excluding carboxylic acids is 18. The first kappa shape index (κ1) is 124. The summed E-state index contributed by atoms with van der Waals surface area (Å²) in [5.74, 6) is -22.8. The molecule has 0 spiro atoms. The zero-order valence-corrected chi connectivity index (χ0v) is 84.6. The Kier molecular flexibility index (Phi) is 54.7. The summed E-state index contributed by atoms with van der Waals surface area (Å²) in [5.41, 5.74) is 24.1. The van der Waals surface area contributed by atoms with Gasteiger partial charge >= 0.3 is 5.97 Å². The van der Waals surface area contributed by atoms with E-state index in [0.29, 0.717) is 5.56 Å². The molecular weight excluding hydrogens is 1900 g/mol. The van der Waals surface area contributed by atoms with Crippen LogP contribution >= 0.6 is 24.4 Å². The lowest BCUT2D eigenvalue weighted by molar-refractivity contribution is -0.142. The number of carboxylic acid groups (broad SMARTS) is 1. The quantitative estimate of drug-likeness (QED) is 0.00970. The number of aliphatic hydroxyl groups is 1. The third-order valence-corrected chi connectivity index (χ3v) is 24.5. The molecule has 3 rings (SSSR count). The minimum absolute atomic E-state index is 0.0168. The smallest absolute Gasteiger partial charge is 0.305 e. The van der Waals surface area contributed by atoms with Crippen molar-refractivity contribution in [3.63, 3.8) is 0 Å². The highest BCUT2D eigenvalue weighted by Gasteiger charge is 2.45. The van der Waals surface area contributed by atoms with Crippen LogP contribution in [0.1, 0.15) is 196 Å². The Labute approximate surface area is 841 Å². The molecule has 143 heavy (non-hydrogen) atoms. The summed E-state index contributed by atoms with van der Waals surface area (Å²) >= 11 is 5.68. The summed E-state index contributed by atoms with van der Waals surface area (Å²) in [4.78, 5) is 270. The molecule has 18 amide bonds. The third-order valence-electron chi connectivity index (χ3n) is 23.5. The van der Waals surface area contributed by atoms with E-state index in [9.17, 15) is 68.1 Å². The fourth-order valence-electron chi connectivity index (χ4n) is 14.8. The van der Waals surface area contributed by atoms with E-state index in [1.807, 2.05) is 0 Å². The topological polar surface area (TPSA) is 815 Å². The van der Waals surface area contributed by atoms with Crippen LogP contribution in [0.2, 0.25) is 0 Å². The molecule has 35 N–H and O–H groups in total. The van der Waals surface area contributed by atoms with Crippen molar-refractivity contribution in [3.05, 3.63) is 77.9 Å². The molecule has 2 aromatic carbocycles. The maximum atomic E-state index is 15.6. The Hall–Kier alpha value is -13.6. The number of aromatic hydroxyl groups is 1. The second-order valence-corrected chi connectivity index (χ2v) is 37.5. The van der Waals surface area contributed by atoms with Gasteiger partial charge in [0.1, 0.15) is 95.4 Å². The molecule has 0 aliphatic carbocycles. The molecule has 49 nitrogen and oxygen atoms in total. The fraction of sp³-hybridized carbons (Fsp3) is 0.609. The molecule has 1 heterocycles. The number of nitrogens with two attached hydrogens (primary N) is 5. The molecule has 796 valence electrons. The van der Waals surface area contributed by atoms with Crippen molar-refractivity contribution in [1.82, 2.24) is 101 Å². The highest BCUT2D eigenvalue weighted by molar-refractivity contribution is 7.98. The van der Waals surface area contributed by atoms with Crippen molar-refractivity contribution in [2.24, 2.45) is 46.4 Å². The second kappa shape index (κ2) is 63.3. The lowest BCUT2D eigenvalue weighted by Crippen LogP contribution is -2.65. The van der Waals surface area contributed by atoms with Gasteiger partial charge in [0.05, 0.1) is 25.5 Å². The van der Waals surface area contributed by atoms with Crippen LogP contribution in [0.25, 0.3) is 0 Å². The number of aliphatic carboxylic acids is 1. The minimum Gasteiger partial charge on any atom is -0.508 e. The van der Waals surface area contributed by atoms with Crippen LogP contribution in [0.15, 0.2) is 66.7 Å². The highest BCUT2D eigenvalue weighted by Crippen LogP contribution is 2.24. The molecule has 1 aliphatic heterocycles. The van der Waals surface area contributed by atoms with E-state index in [-0.39, 0.29) is 152 Å². The van der Waals surface area contributed by atoms with Crippen molar-refractivity contribution in [2.45, 2.75) is 293 Å². The van der Waals surface area contributed by atoms with Gasteiger partial charge in [-0.15, -0.1) is 0 Å². The second-order valence-electron chi connectivity index (χ2n) is 36.2. The number of guanidine groups is 3.